The fourth-order valence-electron chi connectivity index (χ4n) is 1.37. The van der Waals surface area contributed by atoms with E-state index in [2.05, 4.69) is 10.6 Å². The van der Waals surface area contributed by atoms with Gasteiger partial charge in [-0.25, -0.2) is 0 Å². The van der Waals surface area contributed by atoms with Gasteiger partial charge in [0.25, 0.3) is 6.20 Å². The number of nitrogens with two attached hydrogens (primary N) is 1. The maximum absolute atomic E-state index is 10.1. The molecular formula is C11H18N4O3S. The van der Waals surface area contributed by atoms with Crippen molar-refractivity contribution >= 4 is 11.8 Å². The molecule has 19 heavy (non-hydrogen) atoms. The maximum Gasteiger partial charge on any atom is 0.273 e. The van der Waals surface area contributed by atoms with E-state index in [4.69, 9.17) is 10.2 Å². The highest BCUT2D eigenvalue weighted by atomic mass is 32.2. The average Bonchev–Trinajstić information content (AvgIpc) is 2.76. The van der Waals surface area contributed by atoms with Crippen LogP contribution in [0.3, 0.4) is 0 Å². The molecule has 106 valence electrons. The minimum absolute atomic E-state index is 0.0694. The quantitative estimate of drug-likeness (QED) is 0.351. The molecular weight excluding hydrogens is 268 g/mol. The molecule has 0 spiro atoms. The molecule has 1 heterocycles. The molecule has 1 rings (SSSR count). The van der Waals surface area contributed by atoms with E-state index in [0.717, 1.165) is 29.2 Å². The second-order valence-corrected chi connectivity index (χ2v) is 4.85. The van der Waals surface area contributed by atoms with E-state index in [-0.39, 0.29) is 5.82 Å². The summed E-state index contributed by atoms with van der Waals surface area (Å²) in [6.07, 6.45) is 0.751. The lowest BCUT2D eigenvalue weighted by Crippen LogP contribution is -2.23. The van der Waals surface area contributed by atoms with Gasteiger partial charge in [0.05, 0.1) is 17.2 Å². The van der Waals surface area contributed by atoms with Crippen LogP contribution in [0, 0.1) is 10.1 Å². The lowest BCUT2D eigenvalue weighted by Gasteiger charge is -2.03. The summed E-state index contributed by atoms with van der Waals surface area (Å²) >= 11 is 1.67. The summed E-state index contributed by atoms with van der Waals surface area (Å²) in [6, 6.07) is 3.90. The van der Waals surface area contributed by atoms with Gasteiger partial charge in [-0.1, -0.05) is 0 Å². The summed E-state index contributed by atoms with van der Waals surface area (Å²) in [5.74, 6) is 3.46. The highest BCUT2D eigenvalue weighted by Gasteiger charge is 2.01. The van der Waals surface area contributed by atoms with Crippen molar-refractivity contribution in [3.63, 3.8) is 0 Å². The molecule has 0 aliphatic carbocycles. The molecule has 7 nitrogen and oxygen atoms in total. The zero-order chi connectivity index (χ0) is 14.1. The second kappa shape index (κ2) is 8.44. The van der Waals surface area contributed by atoms with Crippen LogP contribution in [-0.4, -0.2) is 24.3 Å². The fourth-order valence-corrected chi connectivity index (χ4v) is 2.12. The first kappa shape index (κ1) is 15.4. The topological polar surface area (TPSA) is 106 Å². The SMILES string of the molecule is CNCc1ccc(CSCCNC(N)=C[N+](=O)[O-])o1. The van der Waals surface area contributed by atoms with Gasteiger partial charge in [-0.2, -0.15) is 11.8 Å². The summed E-state index contributed by atoms with van der Waals surface area (Å²) in [6.45, 7) is 1.29. The van der Waals surface area contributed by atoms with Gasteiger partial charge in [0.2, 0.25) is 0 Å². The molecule has 0 atom stereocenters. The Morgan fingerprint density at radius 3 is 3.00 bits per heavy atom. The normalized spacial score (nSPS) is 11.5. The van der Waals surface area contributed by atoms with Crippen molar-refractivity contribution in [3.8, 4) is 0 Å². The number of rotatable bonds is 9. The van der Waals surface area contributed by atoms with E-state index in [1.807, 2.05) is 19.2 Å². The first-order chi connectivity index (χ1) is 9.11. The molecule has 0 saturated heterocycles. The molecule has 0 aromatic carbocycles. The van der Waals surface area contributed by atoms with Gasteiger partial charge in [-0.3, -0.25) is 10.1 Å². The zero-order valence-electron chi connectivity index (χ0n) is 10.7. The summed E-state index contributed by atoms with van der Waals surface area (Å²) in [5, 5.41) is 15.9. The zero-order valence-corrected chi connectivity index (χ0v) is 11.5. The molecule has 0 saturated carbocycles. The van der Waals surface area contributed by atoms with Crippen LogP contribution in [0.5, 0.6) is 0 Å². The van der Waals surface area contributed by atoms with Crippen LogP contribution in [-0.2, 0) is 12.3 Å². The molecule has 0 radical (unpaired) electrons. The summed E-state index contributed by atoms with van der Waals surface area (Å²) in [5.41, 5.74) is 5.38. The average molecular weight is 286 g/mol. The van der Waals surface area contributed by atoms with Crippen molar-refractivity contribution in [2.24, 2.45) is 5.73 Å². The van der Waals surface area contributed by atoms with Gasteiger partial charge in [0.15, 0.2) is 5.82 Å². The third-order valence-corrected chi connectivity index (χ3v) is 3.11. The first-order valence-corrected chi connectivity index (χ1v) is 6.92. The predicted molar refractivity (Wildman–Crippen MR) is 74.9 cm³/mol. The standard InChI is InChI=1S/C11H18N4O3S/c1-13-6-9-2-3-10(18-9)8-19-5-4-14-11(12)7-15(16)17/h2-3,7,13-14H,4-6,8,12H2,1H3. The molecule has 0 bridgehead atoms. The molecule has 0 aliphatic heterocycles. The molecule has 8 heteroatoms. The van der Waals surface area contributed by atoms with Gasteiger partial charge >= 0.3 is 0 Å². The highest BCUT2D eigenvalue weighted by Crippen LogP contribution is 2.14. The largest absolute Gasteiger partial charge is 0.464 e. The van der Waals surface area contributed by atoms with E-state index in [1.54, 1.807) is 11.8 Å². The maximum atomic E-state index is 10.1. The van der Waals surface area contributed by atoms with Crippen molar-refractivity contribution in [3.05, 3.63) is 45.8 Å². The minimum Gasteiger partial charge on any atom is -0.464 e. The van der Waals surface area contributed by atoms with E-state index in [0.29, 0.717) is 13.1 Å². The predicted octanol–water partition coefficient (Wildman–Crippen LogP) is 0.856. The summed E-state index contributed by atoms with van der Waals surface area (Å²) < 4.78 is 5.58. The van der Waals surface area contributed by atoms with Gasteiger partial charge in [0, 0.05) is 12.3 Å². The van der Waals surface area contributed by atoms with Gasteiger partial charge in [0.1, 0.15) is 11.5 Å². The van der Waals surface area contributed by atoms with Crippen LogP contribution in [0.2, 0.25) is 0 Å². The van der Waals surface area contributed by atoms with Crippen LogP contribution in [0.25, 0.3) is 0 Å². The van der Waals surface area contributed by atoms with Crippen molar-refractivity contribution in [1.29, 1.82) is 0 Å². The van der Waals surface area contributed by atoms with Crippen molar-refractivity contribution in [1.82, 2.24) is 10.6 Å². The summed E-state index contributed by atoms with van der Waals surface area (Å²) in [4.78, 5) is 9.54. The number of nitrogens with one attached hydrogen (secondary N) is 2. The third kappa shape index (κ3) is 6.73. The molecule has 0 fully saturated rings. The van der Waals surface area contributed by atoms with Crippen LogP contribution in [0.1, 0.15) is 11.5 Å². The number of nitro groups is 1. The van der Waals surface area contributed by atoms with E-state index in [1.165, 1.54) is 0 Å². The van der Waals surface area contributed by atoms with Gasteiger partial charge in [-0.15, -0.1) is 0 Å². The Labute approximate surface area is 115 Å². The second-order valence-electron chi connectivity index (χ2n) is 3.75. The number of hydrogen-bond donors (Lipinski definition) is 3. The van der Waals surface area contributed by atoms with Crippen LogP contribution >= 0.6 is 11.8 Å². The van der Waals surface area contributed by atoms with Crippen molar-refractivity contribution in [2.75, 3.05) is 19.3 Å². The van der Waals surface area contributed by atoms with Gasteiger partial charge in [-0.05, 0) is 19.2 Å². The first-order valence-electron chi connectivity index (χ1n) is 5.76. The van der Waals surface area contributed by atoms with Crippen LogP contribution < -0.4 is 16.4 Å². The number of thioether (sulfide) groups is 1. The smallest absolute Gasteiger partial charge is 0.273 e. The Balaban J connectivity index is 2.15. The van der Waals surface area contributed by atoms with Crippen LogP contribution in [0.4, 0.5) is 0 Å². The summed E-state index contributed by atoms with van der Waals surface area (Å²) in [7, 11) is 1.87. The molecule has 1 aromatic rings. The lowest BCUT2D eigenvalue weighted by molar-refractivity contribution is -0.403. The Bertz CT molecular complexity index is 433. The highest BCUT2D eigenvalue weighted by molar-refractivity contribution is 7.98. The van der Waals surface area contributed by atoms with Crippen LogP contribution in [0.15, 0.2) is 28.6 Å². The molecule has 0 amide bonds. The van der Waals surface area contributed by atoms with Crippen molar-refractivity contribution < 1.29 is 9.34 Å². The Morgan fingerprint density at radius 2 is 2.32 bits per heavy atom. The third-order valence-electron chi connectivity index (χ3n) is 2.13. The van der Waals surface area contributed by atoms with Crippen molar-refractivity contribution in [2.45, 2.75) is 12.3 Å². The monoisotopic (exact) mass is 286 g/mol. The minimum atomic E-state index is -0.582. The van der Waals surface area contributed by atoms with E-state index in [9.17, 15) is 10.1 Å². The van der Waals surface area contributed by atoms with E-state index >= 15 is 0 Å². The fraction of sp³-hybridized carbons (Fsp3) is 0.455. The lowest BCUT2D eigenvalue weighted by atomic mass is 10.4. The number of nitrogens with zero attached hydrogens (tertiary/aromatic N) is 1. The van der Waals surface area contributed by atoms with Gasteiger partial charge < -0.3 is 20.8 Å². The number of furan rings is 1. The Kier molecular flexibility index (Phi) is 6.83. The Morgan fingerprint density at radius 1 is 1.58 bits per heavy atom. The Hall–Kier alpha value is -1.67. The molecule has 0 unspecified atom stereocenters. The van der Waals surface area contributed by atoms with E-state index < -0.39 is 4.92 Å². The molecule has 4 N–H and O–H groups in total. The molecule has 0 aliphatic rings. The number of hydrogen-bond acceptors (Lipinski definition) is 7. The molecule has 1 aromatic heterocycles.